The highest BCUT2D eigenvalue weighted by atomic mass is 16.6. The van der Waals surface area contributed by atoms with E-state index in [0.717, 1.165) is 5.56 Å². The normalized spacial score (nSPS) is 25.0. The summed E-state index contributed by atoms with van der Waals surface area (Å²) >= 11 is 0. The van der Waals surface area contributed by atoms with E-state index in [1.54, 1.807) is 19.9 Å². The molecule has 2 unspecified atom stereocenters. The molecule has 1 aliphatic heterocycles. The Hall–Kier alpha value is -2.14. The third-order valence-electron chi connectivity index (χ3n) is 3.32. The second kappa shape index (κ2) is 5.46. The van der Waals surface area contributed by atoms with Crippen LogP contribution in [0.1, 0.15) is 25.5 Å². The maximum Gasteiger partial charge on any atom is 0.410 e. The summed E-state index contributed by atoms with van der Waals surface area (Å²) in [4.78, 5) is 23.3. The van der Waals surface area contributed by atoms with Crippen molar-refractivity contribution in [3.8, 4) is 0 Å². The Bertz CT molecular complexity index is 524. The standard InChI is InChI=1S/C15H17NO4/c1-15(2)16(14(18)19)12(9-6-10-17)13(20-15)11-7-4-3-5-8-11/h3-10,12-13H,1-2H3,(H,18,19)/b9-6+. The first kappa shape index (κ1) is 14.3. The van der Waals surface area contributed by atoms with Crippen molar-refractivity contribution < 1.29 is 19.4 Å². The van der Waals surface area contributed by atoms with E-state index in [-0.39, 0.29) is 0 Å². The smallest absolute Gasteiger partial charge is 0.410 e. The number of nitrogens with zero attached hydrogens (tertiary/aromatic N) is 1. The van der Waals surface area contributed by atoms with Gasteiger partial charge in [-0.3, -0.25) is 9.69 Å². The molecule has 0 saturated carbocycles. The Morgan fingerprint density at radius 2 is 2.00 bits per heavy atom. The molecule has 20 heavy (non-hydrogen) atoms. The number of amides is 1. The van der Waals surface area contributed by atoms with Crippen LogP contribution in [0, 0.1) is 0 Å². The first-order valence-corrected chi connectivity index (χ1v) is 6.34. The van der Waals surface area contributed by atoms with Gasteiger partial charge in [0.2, 0.25) is 0 Å². The number of hydrogen-bond donors (Lipinski definition) is 1. The fourth-order valence-corrected chi connectivity index (χ4v) is 2.54. The average molecular weight is 275 g/mol. The van der Waals surface area contributed by atoms with Crippen LogP contribution in [0.2, 0.25) is 0 Å². The van der Waals surface area contributed by atoms with E-state index < -0.39 is 24.0 Å². The predicted octanol–water partition coefficient (Wildman–Crippen LogP) is 2.60. The number of hydrogen-bond acceptors (Lipinski definition) is 3. The lowest BCUT2D eigenvalue weighted by Crippen LogP contribution is -2.46. The molecule has 0 spiro atoms. The van der Waals surface area contributed by atoms with Crippen molar-refractivity contribution in [1.82, 2.24) is 4.90 Å². The van der Waals surface area contributed by atoms with Crippen LogP contribution in [0.15, 0.2) is 42.5 Å². The number of aldehydes is 1. The summed E-state index contributed by atoms with van der Waals surface area (Å²) in [6.07, 6.45) is 2.00. The van der Waals surface area contributed by atoms with Crippen LogP contribution in [0.4, 0.5) is 4.79 Å². The Morgan fingerprint density at radius 1 is 1.35 bits per heavy atom. The van der Waals surface area contributed by atoms with Gasteiger partial charge in [0.15, 0.2) is 0 Å². The van der Waals surface area contributed by atoms with Crippen molar-refractivity contribution in [3.05, 3.63) is 48.0 Å². The number of carbonyl (C=O) groups excluding carboxylic acids is 1. The summed E-state index contributed by atoms with van der Waals surface area (Å²) in [6.45, 7) is 3.40. The molecule has 1 saturated heterocycles. The van der Waals surface area contributed by atoms with Crippen LogP contribution >= 0.6 is 0 Å². The molecule has 5 nitrogen and oxygen atoms in total. The van der Waals surface area contributed by atoms with Crippen molar-refractivity contribution in [1.29, 1.82) is 0 Å². The molecule has 5 heteroatoms. The van der Waals surface area contributed by atoms with Crippen LogP contribution in [-0.4, -0.2) is 34.2 Å². The number of benzene rings is 1. The van der Waals surface area contributed by atoms with Gasteiger partial charge in [-0.25, -0.2) is 4.79 Å². The molecule has 106 valence electrons. The number of carbonyl (C=O) groups is 2. The molecule has 1 aromatic carbocycles. The molecule has 0 aromatic heterocycles. The van der Waals surface area contributed by atoms with E-state index in [2.05, 4.69) is 0 Å². The fraction of sp³-hybridized carbons (Fsp3) is 0.333. The summed E-state index contributed by atoms with van der Waals surface area (Å²) in [5.41, 5.74) is -0.0746. The zero-order valence-electron chi connectivity index (χ0n) is 11.4. The van der Waals surface area contributed by atoms with E-state index in [4.69, 9.17) is 4.74 Å². The van der Waals surface area contributed by atoms with Gasteiger partial charge in [0.05, 0.1) is 6.04 Å². The van der Waals surface area contributed by atoms with E-state index in [0.29, 0.717) is 6.29 Å². The summed E-state index contributed by atoms with van der Waals surface area (Å²) in [7, 11) is 0. The summed E-state index contributed by atoms with van der Waals surface area (Å²) in [6, 6.07) is 8.86. The third-order valence-corrected chi connectivity index (χ3v) is 3.32. The minimum absolute atomic E-state index is 0.432. The second-order valence-corrected chi connectivity index (χ2v) is 5.06. The van der Waals surface area contributed by atoms with Crippen molar-refractivity contribution in [2.75, 3.05) is 0 Å². The lowest BCUT2D eigenvalue weighted by molar-refractivity contribution is -0.104. The van der Waals surface area contributed by atoms with Gasteiger partial charge in [0.1, 0.15) is 18.1 Å². The van der Waals surface area contributed by atoms with Crippen molar-refractivity contribution >= 4 is 12.4 Å². The van der Waals surface area contributed by atoms with Crippen molar-refractivity contribution in [3.63, 3.8) is 0 Å². The van der Waals surface area contributed by atoms with Crippen LogP contribution in [0.25, 0.3) is 0 Å². The molecule has 1 heterocycles. The van der Waals surface area contributed by atoms with Gasteiger partial charge in [-0.05, 0) is 25.5 Å². The molecule has 1 fully saturated rings. The Morgan fingerprint density at radius 3 is 2.55 bits per heavy atom. The highest BCUT2D eigenvalue weighted by Gasteiger charge is 2.49. The maximum absolute atomic E-state index is 11.5. The zero-order chi connectivity index (χ0) is 14.8. The maximum atomic E-state index is 11.5. The monoisotopic (exact) mass is 275 g/mol. The van der Waals surface area contributed by atoms with E-state index in [1.165, 1.54) is 11.0 Å². The average Bonchev–Trinajstić information content (AvgIpc) is 2.68. The molecule has 0 radical (unpaired) electrons. The Labute approximate surface area is 117 Å². The minimum Gasteiger partial charge on any atom is -0.465 e. The molecule has 1 aliphatic rings. The van der Waals surface area contributed by atoms with Crippen LogP contribution in [0.3, 0.4) is 0 Å². The number of ether oxygens (including phenoxy) is 1. The van der Waals surface area contributed by atoms with Crippen molar-refractivity contribution in [2.24, 2.45) is 0 Å². The number of carboxylic acid groups (broad SMARTS) is 1. The van der Waals surface area contributed by atoms with Gasteiger partial charge in [0, 0.05) is 0 Å². The topological polar surface area (TPSA) is 66.8 Å². The molecule has 2 rings (SSSR count). The lowest BCUT2D eigenvalue weighted by Gasteiger charge is -2.29. The number of rotatable bonds is 3. The Balaban J connectivity index is 2.43. The van der Waals surface area contributed by atoms with Crippen LogP contribution in [-0.2, 0) is 9.53 Å². The predicted molar refractivity (Wildman–Crippen MR) is 73.2 cm³/mol. The minimum atomic E-state index is -1.08. The van der Waals surface area contributed by atoms with Gasteiger partial charge in [0.25, 0.3) is 0 Å². The molecular formula is C15H17NO4. The molecule has 2 atom stereocenters. The molecule has 1 aromatic rings. The summed E-state index contributed by atoms with van der Waals surface area (Å²) < 4.78 is 5.90. The van der Waals surface area contributed by atoms with Crippen LogP contribution in [0.5, 0.6) is 0 Å². The van der Waals surface area contributed by atoms with E-state index in [9.17, 15) is 14.7 Å². The van der Waals surface area contributed by atoms with E-state index >= 15 is 0 Å². The summed E-state index contributed by atoms with van der Waals surface area (Å²) in [5.74, 6) is 0. The second-order valence-electron chi connectivity index (χ2n) is 5.06. The molecule has 0 bridgehead atoms. The van der Waals surface area contributed by atoms with Gasteiger partial charge in [-0.1, -0.05) is 36.4 Å². The summed E-state index contributed by atoms with van der Waals surface area (Å²) in [5, 5.41) is 9.41. The van der Waals surface area contributed by atoms with Gasteiger partial charge in [-0.15, -0.1) is 0 Å². The lowest BCUT2D eigenvalue weighted by atomic mass is 10.0. The molecule has 1 amide bonds. The fourth-order valence-electron chi connectivity index (χ4n) is 2.54. The molecular weight excluding hydrogens is 258 g/mol. The van der Waals surface area contributed by atoms with E-state index in [1.807, 2.05) is 30.3 Å². The third kappa shape index (κ3) is 2.58. The van der Waals surface area contributed by atoms with Gasteiger partial charge < -0.3 is 9.84 Å². The quantitative estimate of drug-likeness (QED) is 0.680. The highest BCUT2D eigenvalue weighted by Crippen LogP contribution is 2.41. The number of allylic oxidation sites excluding steroid dienone is 1. The largest absolute Gasteiger partial charge is 0.465 e. The highest BCUT2D eigenvalue weighted by molar-refractivity contribution is 5.69. The molecule has 1 N–H and O–H groups in total. The van der Waals surface area contributed by atoms with Crippen molar-refractivity contribution in [2.45, 2.75) is 31.7 Å². The van der Waals surface area contributed by atoms with Gasteiger partial charge >= 0.3 is 6.09 Å². The first-order valence-electron chi connectivity index (χ1n) is 6.34. The SMILES string of the molecule is CC1(C)OC(c2ccccc2)C(/C=C/C=O)N1C(=O)O. The zero-order valence-corrected chi connectivity index (χ0v) is 11.4. The first-order chi connectivity index (χ1) is 9.47. The van der Waals surface area contributed by atoms with Crippen LogP contribution < -0.4 is 0 Å². The molecule has 0 aliphatic carbocycles. The Kier molecular flexibility index (Phi) is 3.90. The van der Waals surface area contributed by atoms with Gasteiger partial charge in [-0.2, -0.15) is 0 Å².